The first kappa shape index (κ1) is 19.9. The number of nitrogens with one attached hydrogen (secondary N) is 1. The number of benzene rings is 1. The molecule has 1 fully saturated rings. The second-order valence-corrected chi connectivity index (χ2v) is 8.56. The van der Waals surface area contributed by atoms with Crippen LogP contribution in [0.15, 0.2) is 54.1 Å². The van der Waals surface area contributed by atoms with E-state index in [4.69, 9.17) is 10.2 Å². The van der Waals surface area contributed by atoms with Gasteiger partial charge >= 0.3 is 0 Å². The molecule has 0 bridgehead atoms. The van der Waals surface area contributed by atoms with E-state index in [-0.39, 0.29) is 0 Å². The summed E-state index contributed by atoms with van der Waals surface area (Å²) >= 11 is 1.81. The fourth-order valence-corrected chi connectivity index (χ4v) is 4.62. The molecule has 3 aromatic rings. The Bertz CT molecular complexity index is 984. The quantitative estimate of drug-likeness (QED) is 0.405. The van der Waals surface area contributed by atoms with E-state index in [2.05, 4.69) is 57.2 Å². The molecule has 1 aromatic carbocycles. The molecule has 3 heterocycles. The summed E-state index contributed by atoms with van der Waals surface area (Å²) in [6, 6.07) is 10.7. The number of aryl methyl sites for hydroxylation is 2. The number of aromatic nitrogens is 2. The molecule has 6 heteroatoms. The summed E-state index contributed by atoms with van der Waals surface area (Å²) in [6.07, 6.45) is 8.30. The monoisotopic (exact) mass is 408 g/mol. The zero-order valence-electron chi connectivity index (χ0n) is 16.7. The van der Waals surface area contributed by atoms with Gasteiger partial charge in [-0.25, -0.2) is 4.98 Å². The number of thiophene rings is 1. The first-order valence-corrected chi connectivity index (χ1v) is 11.1. The van der Waals surface area contributed by atoms with E-state index in [0.29, 0.717) is 5.70 Å². The van der Waals surface area contributed by atoms with Gasteiger partial charge in [0, 0.05) is 24.4 Å². The van der Waals surface area contributed by atoms with Crippen LogP contribution in [0.5, 0.6) is 0 Å². The summed E-state index contributed by atoms with van der Waals surface area (Å²) in [5.74, 6) is 1.16. The van der Waals surface area contributed by atoms with E-state index in [1.54, 1.807) is 6.08 Å². The summed E-state index contributed by atoms with van der Waals surface area (Å²) in [6.45, 7) is 8.21. The lowest BCUT2D eigenvalue weighted by molar-refractivity contribution is 0.205. The molecule has 5 nitrogen and oxygen atoms in total. The Balaban J connectivity index is 1.59. The van der Waals surface area contributed by atoms with Gasteiger partial charge in [-0.15, -0.1) is 11.3 Å². The summed E-state index contributed by atoms with van der Waals surface area (Å²) in [5, 5.41) is 11.0. The zero-order chi connectivity index (χ0) is 20.1. The van der Waals surface area contributed by atoms with Gasteiger partial charge in [0.05, 0.1) is 16.7 Å². The lowest BCUT2D eigenvalue weighted by Crippen LogP contribution is -2.24. The van der Waals surface area contributed by atoms with Crippen LogP contribution in [-0.4, -0.2) is 39.3 Å². The molecule has 1 aliphatic heterocycles. The number of imidazole rings is 1. The van der Waals surface area contributed by atoms with E-state index < -0.39 is 0 Å². The molecule has 152 valence electrons. The van der Waals surface area contributed by atoms with Crippen molar-refractivity contribution in [2.45, 2.75) is 32.2 Å². The lowest BCUT2D eigenvalue weighted by Gasteiger charge is -2.16. The second-order valence-electron chi connectivity index (χ2n) is 7.53. The van der Waals surface area contributed by atoms with Gasteiger partial charge in [-0.3, -0.25) is 10.7 Å². The van der Waals surface area contributed by atoms with Crippen LogP contribution in [0.1, 0.15) is 29.1 Å². The van der Waals surface area contributed by atoms with Crippen LogP contribution in [0, 0.1) is 0 Å². The number of allylic oxidation sites excluding steroid dienone is 1. The predicted octanol–water partition coefficient (Wildman–Crippen LogP) is 4.48. The van der Waals surface area contributed by atoms with Gasteiger partial charge < -0.3 is 9.47 Å². The number of hydroxylamine groups is 1. The van der Waals surface area contributed by atoms with Crippen LogP contribution in [0.2, 0.25) is 0 Å². The van der Waals surface area contributed by atoms with Gasteiger partial charge in [0.15, 0.2) is 0 Å². The first-order chi connectivity index (χ1) is 14.2. The summed E-state index contributed by atoms with van der Waals surface area (Å²) in [5.41, 5.74) is 5.78. The minimum absolute atomic E-state index is 0.456. The molecule has 2 aromatic heterocycles. The predicted molar refractivity (Wildman–Crippen MR) is 120 cm³/mol. The molecule has 0 atom stereocenters. The molecule has 0 saturated carbocycles. The number of likely N-dealkylation sites (tertiary alicyclic amines) is 1. The van der Waals surface area contributed by atoms with Crippen molar-refractivity contribution >= 4 is 28.4 Å². The van der Waals surface area contributed by atoms with Crippen LogP contribution >= 0.6 is 11.3 Å². The van der Waals surface area contributed by atoms with E-state index in [0.717, 1.165) is 42.8 Å². The number of nitrogens with zero attached hydrogens (tertiary/aromatic N) is 3. The highest BCUT2D eigenvalue weighted by molar-refractivity contribution is 7.09. The molecule has 0 unspecified atom stereocenters. The molecule has 0 spiro atoms. The number of rotatable bonds is 9. The standard InChI is InChI=1S/C23H28N4OS/c1-18(25-28)6-7-19-8-10-22-21(17-19)24-23(11-9-20-5-4-16-29-20)27(22)15-14-26-12-2-3-13-26/h4-8,10,16-17,25,28H,1-3,9,11-15H2/b7-6+. The third-order valence-corrected chi connectivity index (χ3v) is 6.42. The summed E-state index contributed by atoms with van der Waals surface area (Å²) in [7, 11) is 0. The van der Waals surface area contributed by atoms with Gasteiger partial charge in [-0.2, -0.15) is 0 Å². The van der Waals surface area contributed by atoms with Gasteiger partial charge in [-0.1, -0.05) is 24.8 Å². The smallest absolute Gasteiger partial charge is 0.110 e. The Morgan fingerprint density at radius 3 is 2.83 bits per heavy atom. The normalized spacial score (nSPS) is 14.9. The van der Waals surface area contributed by atoms with Gasteiger partial charge in [0.2, 0.25) is 0 Å². The Morgan fingerprint density at radius 2 is 2.07 bits per heavy atom. The molecular formula is C23H28N4OS. The van der Waals surface area contributed by atoms with E-state index >= 15 is 0 Å². The van der Waals surface area contributed by atoms with Crippen molar-refractivity contribution in [1.82, 2.24) is 19.9 Å². The third-order valence-electron chi connectivity index (χ3n) is 5.49. The minimum atomic E-state index is 0.456. The van der Waals surface area contributed by atoms with Crippen molar-refractivity contribution in [2.75, 3.05) is 19.6 Å². The molecule has 1 aliphatic rings. The molecule has 0 aliphatic carbocycles. The topological polar surface area (TPSA) is 53.3 Å². The maximum absolute atomic E-state index is 8.89. The van der Waals surface area contributed by atoms with E-state index in [9.17, 15) is 0 Å². The van der Waals surface area contributed by atoms with Crippen LogP contribution in [-0.2, 0) is 19.4 Å². The fraction of sp³-hybridized carbons (Fsp3) is 0.348. The maximum Gasteiger partial charge on any atom is 0.110 e. The van der Waals surface area contributed by atoms with Crippen molar-refractivity contribution in [2.24, 2.45) is 0 Å². The van der Waals surface area contributed by atoms with Crippen molar-refractivity contribution in [3.8, 4) is 0 Å². The average molecular weight is 409 g/mol. The van der Waals surface area contributed by atoms with Crippen molar-refractivity contribution < 1.29 is 5.21 Å². The van der Waals surface area contributed by atoms with E-state index in [1.807, 2.05) is 17.4 Å². The number of fused-ring (bicyclic) bond motifs is 1. The molecule has 1 saturated heterocycles. The van der Waals surface area contributed by atoms with Crippen LogP contribution in [0.3, 0.4) is 0 Å². The van der Waals surface area contributed by atoms with Crippen molar-refractivity contribution in [1.29, 1.82) is 0 Å². The minimum Gasteiger partial charge on any atom is -0.327 e. The highest BCUT2D eigenvalue weighted by Crippen LogP contribution is 2.22. The molecule has 4 rings (SSSR count). The average Bonchev–Trinajstić information content (AvgIpc) is 3.49. The van der Waals surface area contributed by atoms with Gasteiger partial charge in [0.25, 0.3) is 0 Å². The van der Waals surface area contributed by atoms with Crippen molar-refractivity contribution in [3.05, 3.63) is 70.3 Å². The zero-order valence-corrected chi connectivity index (χ0v) is 17.5. The van der Waals surface area contributed by atoms with Crippen LogP contribution in [0.25, 0.3) is 17.1 Å². The SMILES string of the molecule is C=C(/C=C/c1ccc2c(c1)nc(CCc1cccs1)n2CCN1CCCC1)NO. The molecule has 2 N–H and O–H groups in total. The van der Waals surface area contributed by atoms with E-state index in [1.165, 1.54) is 36.3 Å². The first-order valence-electron chi connectivity index (χ1n) is 10.2. The highest BCUT2D eigenvalue weighted by atomic mass is 32.1. The fourth-order valence-electron chi connectivity index (χ4n) is 3.91. The molecule has 0 radical (unpaired) electrons. The Morgan fingerprint density at radius 1 is 1.21 bits per heavy atom. The Kier molecular flexibility index (Phi) is 6.44. The number of hydrogen-bond donors (Lipinski definition) is 2. The Hall–Kier alpha value is -2.41. The molecule has 0 amide bonds. The summed E-state index contributed by atoms with van der Waals surface area (Å²) < 4.78 is 2.41. The number of hydrogen-bond acceptors (Lipinski definition) is 5. The summed E-state index contributed by atoms with van der Waals surface area (Å²) in [4.78, 5) is 8.95. The van der Waals surface area contributed by atoms with Crippen LogP contribution in [0.4, 0.5) is 0 Å². The molecule has 29 heavy (non-hydrogen) atoms. The molecular weight excluding hydrogens is 380 g/mol. The maximum atomic E-state index is 8.89. The highest BCUT2D eigenvalue weighted by Gasteiger charge is 2.15. The Labute approximate surface area is 176 Å². The van der Waals surface area contributed by atoms with Crippen molar-refractivity contribution in [3.63, 3.8) is 0 Å². The largest absolute Gasteiger partial charge is 0.327 e. The van der Waals surface area contributed by atoms with Gasteiger partial charge in [-0.05, 0) is 67.6 Å². The lowest BCUT2D eigenvalue weighted by atomic mass is 10.2. The van der Waals surface area contributed by atoms with Crippen LogP contribution < -0.4 is 5.48 Å². The second kappa shape index (κ2) is 9.39. The van der Waals surface area contributed by atoms with Gasteiger partial charge in [0.1, 0.15) is 5.82 Å². The third kappa shape index (κ3) is 4.96.